The molecule has 0 fully saturated rings. The Kier molecular flexibility index (Phi) is 43.7. The van der Waals surface area contributed by atoms with Crippen LogP contribution in [0.5, 0.6) is 0 Å². The fourth-order valence-corrected chi connectivity index (χ4v) is 7.63. The SMILES string of the molecule is CC(C)(C)OC(=O)CCCCCCCBr.CCCCCCCCC(CCCCCCCC)OC(=O)CCCCCCCN(CCO)CCCCCCCC(=O)OC(C)(C)C. The predicted octanol–water partition coefficient (Wildman–Crippen LogP) is 14.8. The van der Waals surface area contributed by atoms with Gasteiger partial charge in [0.05, 0.1) is 6.61 Å². The lowest BCUT2D eigenvalue weighted by atomic mass is 10.0. The van der Waals surface area contributed by atoms with Crippen LogP contribution in [0.4, 0.5) is 0 Å². The first kappa shape index (κ1) is 60.9. The summed E-state index contributed by atoms with van der Waals surface area (Å²) in [5.74, 6) is -0.151. The second kappa shape index (κ2) is 43.1. The fourth-order valence-electron chi connectivity index (χ4n) is 7.24. The lowest BCUT2D eigenvalue weighted by molar-refractivity contribution is -0.156. The molecule has 0 atom stereocenters. The summed E-state index contributed by atoms with van der Waals surface area (Å²) in [6, 6.07) is 0. The van der Waals surface area contributed by atoms with E-state index in [2.05, 4.69) is 34.7 Å². The third-order valence-corrected chi connectivity index (χ3v) is 11.1. The van der Waals surface area contributed by atoms with Crippen LogP contribution in [-0.4, -0.2) is 76.8 Å². The smallest absolute Gasteiger partial charge is 0.306 e. The number of alkyl halides is 1. The number of ether oxygens (including phenoxy) is 3. The number of hydrogen-bond acceptors (Lipinski definition) is 8. The van der Waals surface area contributed by atoms with Crippen LogP contribution in [0.2, 0.25) is 0 Å². The molecule has 8 nitrogen and oxygen atoms in total. The first-order chi connectivity index (χ1) is 28.7. The van der Waals surface area contributed by atoms with Gasteiger partial charge in [-0.1, -0.05) is 152 Å². The Morgan fingerprint density at radius 3 is 1.17 bits per heavy atom. The lowest BCUT2D eigenvalue weighted by Gasteiger charge is -2.21. The number of aliphatic hydroxyl groups is 1. The minimum absolute atomic E-state index is 0.0101. The number of halogens is 1. The monoisotopic (exact) mass is 918 g/mol. The molecule has 9 heteroatoms. The van der Waals surface area contributed by atoms with Gasteiger partial charge in [-0.2, -0.15) is 0 Å². The fraction of sp³-hybridized carbons (Fsp3) is 0.941. The molecular formula is C51H100BrNO7. The summed E-state index contributed by atoms with van der Waals surface area (Å²) in [5.41, 5.74) is -0.739. The summed E-state index contributed by atoms with van der Waals surface area (Å²) in [5, 5.41) is 10.6. The van der Waals surface area contributed by atoms with Gasteiger partial charge in [-0.3, -0.25) is 14.4 Å². The molecule has 0 aliphatic rings. The van der Waals surface area contributed by atoms with Gasteiger partial charge < -0.3 is 24.2 Å². The average molecular weight is 919 g/mol. The molecule has 0 aromatic rings. The van der Waals surface area contributed by atoms with E-state index in [1.165, 1.54) is 103 Å². The van der Waals surface area contributed by atoms with Crippen molar-refractivity contribution in [3.05, 3.63) is 0 Å². The quantitative estimate of drug-likeness (QED) is 0.0281. The van der Waals surface area contributed by atoms with E-state index >= 15 is 0 Å². The van der Waals surface area contributed by atoms with Gasteiger partial charge in [0.1, 0.15) is 17.3 Å². The van der Waals surface area contributed by atoms with Crippen LogP contribution in [-0.2, 0) is 28.6 Å². The Morgan fingerprint density at radius 1 is 0.467 bits per heavy atom. The zero-order valence-corrected chi connectivity index (χ0v) is 42.5. The summed E-state index contributed by atoms with van der Waals surface area (Å²) in [4.78, 5) is 38.2. The van der Waals surface area contributed by atoms with Crippen LogP contribution in [0.3, 0.4) is 0 Å². The van der Waals surface area contributed by atoms with E-state index in [0.717, 1.165) is 108 Å². The molecule has 0 radical (unpaired) electrons. The second-order valence-corrected chi connectivity index (χ2v) is 20.0. The Balaban J connectivity index is 0. The highest BCUT2D eigenvalue weighted by Crippen LogP contribution is 2.19. The topological polar surface area (TPSA) is 102 Å². The van der Waals surface area contributed by atoms with Crippen molar-refractivity contribution in [2.75, 3.05) is 31.6 Å². The van der Waals surface area contributed by atoms with Crippen LogP contribution in [0.25, 0.3) is 0 Å². The van der Waals surface area contributed by atoms with Crippen LogP contribution in [0.15, 0.2) is 0 Å². The normalized spacial score (nSPS) is 11.8. The van der Waals surface area contributed by atoms with Gasteiger partial charge in [-0.05, 0) is 119 Å². The lowest BCUT2D eigenvalue weighted by Crippen LogP contribution is -2.29. The summed E-state index contributed by atoms with van der Waals surface area (Å²) < 4.78 is 16.6. The molecule has 0 bridgehead atoms. The van der Waals surface area contributed by atoms with Crippen molar-refractivity contribution in [3.63, 3.8) is 0 Å². The number of nitrogens with zero attached hydrogens (tertiary/aromatic N) is 1. The van der Waals surface area contributed by atoms with E-state index in [1.807, 2.05) is 41.5 Å². The molecule has 0 aliphatic heterocycles. The maximum atomic E-state index is 12.6. The minimum atomic E-state index is -0.399. The number of unbranched alkanes of at least 4 members (excludes halogenated alkanes) is 22. The number of carbonyl (C=O) groups excluding carboxylic acids is 3. The van der Waals surface area contributed by atoms with E-state index < -0.39 is 5.60 Å². The summed E-state index contributed by atoms with van der Waals surface area (Å²) in [6.07, 6.45) is 35.8. The first-order valence-electron chi connectivity index (χ1n) is 25.2. The standard InChI is InChI=1S/C39H77NO5.C12H23BrO2/c1-6-8-10-12-16-22-28-36(29-23-17-13-11-9-7-2)44-37(42)30-24-18-14-20-26-32-40(34-35-41)33-27-21-15-19-25-31-38(43)45-39(3,4)5;1-12(2,3)15-11(14)9-7-5-4-6-8-10-13/h36,41H,6-35H2,1-5H3;4-10H2,1-3H3. The van der Waals surface area contributed by atoms with Crippen LogP contribution < -0.4 is 0 Å². The maximum absolute atomic E-state index is 12.6. The molecule has 358 valence electrons. The van der Waals surface area contributed by atoms with Crippen LogP contribution in [0, 0.1) is 0 Å². The maximum Gasteiger partial charge on any atom is 0.306 e. The Bertz CT molecular complexity index is 948. The second-order valence-electron chi connectivity index (χ2n) is 19.2. The van der Waals surface area contributed by atoms with Gasteiger partial charge in [0, 0.05) is 31.1 Å². The van der Waals surface area contributed by atoms with Crippen molar-refractivity contribution in [3.8, 4) is 0 Å². The zero-order valence-electron chi connectivity index (χ0n) is 41.0. The van der Waals surface area contributed by atoms with E-state index in [1.54, 1.807) is 0 Å². The minimum Gasteiger partial charge on any atom is -0.462 e. The molecule has 0 amide bonds. The third kappa shape index (κ3) is 49.5. The van der Waals surface area contributed by atoms with Gasteiger partial charge in [0.25, 0.3) is 0 Å². The molecule has 0 heterocycles. The van der Waals surface area contributed by atoms with E-state index in [-0.39, 0.29) is 36.2 Å². The van der Waals surface area contributed by atoms with Crippen molar-refractivity contribution in [1.29, 1.82) is 0 Å². The summed E-state index contributed by atoms with van der Waals surface area (Å²) >= 11 is 3.40. The van der Waals surface area contributed by atoms with Gasteiger partial charge in [-0.15, -0.1) is 0 Å². The molecule has 0 aromatic heterocycles. The molecule has 0 aliphatic carbocycles. The molecule has 60 heavy (non-hydrogen) atoms. The Hall–Kier alpha value is -1.19. The van der Waals surface area contributed by atoms with Gasteiger partial charge in [-0.25, -0.2) is 0 Å². The third-order valence-electron chi connectivity index (χ3n) is 10.5. The molecule has 0 saturated carbocycles. The van der Waals surface area contributed by atoms with Crippen molar-refractivity contribution < 1.29 is 33.7 Å². The molecule has 1 N–H and O–H groups in total. The predicted molar refractivity (Wildman–Crippen MR) is 258 cm³/mol. The molecular weight excluding hydrogens is 818 g/mol. The molecule has 0 saturated heterocycles. The molecule has 0 unspecified atom stereocenters. The number of esters is 3. The highest BCUT2D eigenvalue weighted by molar-refractivity contribution is 9.09. The first-order valence-corrected chi connectivity index (χ1v) is 26.3. The largest absolute Gasteiger partial charge is 0.462 e. The van der Waals surface area contributed by atoms with Crippen molar-refractivity contribution in [2.24, 2.45) is 0 Å². The highest BCUT2D eigenvalue weighted by Gasteiger charge is 2.17. The molecule has 0 spiro atoms. The number of aliphatic hydroxyl groups excluding tert-OH is 1. The van der Waals surface area contributed by atoms with Gasteiger partial charge >= 0.3 is 17.9 Å². The van der Waals surface area contributed by atoms with Crippen molar-refractivity contribution in [1.82, 2.24) is 4.90 Å². The summed E-state index contributed by atoms with van der Waals surface area (Å²) in [6.45, 7) is 18.9. The van der Waals surface area contributed by atoms with E-state index in [0.29, 0.717) is 19.3 Å². The van der Waals surface area contributed by atoms with Crippen LogP contribution >= 0.6 is 15.9 Å². The van der Waals surface area contributed by atoms with Gasteiger partial charge in [0.2, 0.25) is 0 Å². The van der Waals surface area contributed by atoms with Crippen molar-refractivity contribution >= 4 is 33.8 Å². The number of carbonyl (C=O) groups is 3. The zero-order chi connectivity index (χ0) is 45.2. The van der Waals surface area contributed by atoms with Crippen LogP contribution in [0.1, 0.15) is 261 Å². The van der Waals surface area contributed by atoms with Gasteiger partial charge in [0.15, 0.2) is 0 Å². The Morgan fingerprint density at radius 2 is 0.800 bits per heavy atom. The van der Waals surface area contributed by atoms with E-state index in [4.69, 9.17) is 14.2 Å². The molecule has 0 rings (SSSR count). The number of hydrogen-bond donors (Lipinski definition) is 1. The number of rotatable bonds is 40. The van der Waals surface area contributed by atoms with E-state index in [9.17, 15) is 19.5 Å². The van der Waals surface area contributed by atoms with Crippen molar-refractivity contribution in [2.45, 2.75) is 278 Å². The summed E-state index contributed by atoms with van der Waals surface area (Å²) in [7, 11) is 0. The highest BCUT2D eigenvalue weighted by atomic mass is 79.9. The molecule has 0 aromatic carbocycles. The average Bonchev–Trinajstić information content (AvgIpc) is 3.16. The Labute approximate surface area is 380 Å².